The predicted molar refractivity (Wildman–Crippen MR) is 68.1 cm³/mol. The van der Waals surface area contributed by atoms with E-state index in [2.05, 4.69) is 20.3 Å². The molecule has 0 amide bonds. The SMILES string of the molecule is CC1(C)CN(c2ccnc(NN)n2)CC(CO)O1. The number of aliphatic hydroxyl groups excluding tert-OH is 1. The molecular weight excluding hydrogens is 234 g/mol. The van der Waals surface area contributed by atoms with Crippen LogP contribution in [-0.2, 0) is 4.74 Å². The highest BCUT2D eigenvalue weighted by Gasteiger charge is 2.33. The van der Waals surface area contributed by atoms with Crippen LogP contribution in [0.2, 0.25) is 0 Å². The molecule has 0 bridgehead atoms. The summed E-state index contributed by atoms with van der Waals surface area (Å²) in [6.45, 7) is 5.27. The summed E-state index contributed by atoms with van der Waals surface area (Å²) < 4.78 is 5.76. The average Bonchev–Trinajstić information content (AvgIpc) is 2.37. The van der Waals surface area contributed by atoms with E-state index in [1.807, 2.05) is 19.9 Å². The maximum Gasteiger partial charge on any atom is 0.239 e. The minimum absolute atomic E-state index is 0.00693. The van der Waals surface area contributed by atoms with Gasteiger partial charge < -0.3 is 14.7 Å². The van der Waals surface area contributed by atoms with Gasteiger partial charge in [0.05, 0.1) is 18.3 Å². The fourth-order valence-electron chi connectivity index (χ4n) is 2.16. The van der Waals surface area contributed by atoms with E-state index < -0.39 is 0 Å². The van der Waals surface area contributed by atoms with Gasteiger partial charge in [-0.25, -0.2) is 10.8 Å². The minimum Gasteiger partial charge on any atom is -0.394 e. The van der Waals surface area contributed by atoms with E-state index >= 15 is 0 Å². The summed E-state index contributed by atoms with van der Waals surface area (Å²) in [6.07, 6.45) is 1.44. The first-order chi connectivity index (χ1) is 8.54. The van der Waals surface area contributed by atoms with Gasteiger partial charge in [-0.05, 0) is 19.9 Å². The zero-order valence-electron chi connectivity index (χ0n) is 10.6. The third-order valence-electron chi connectivity index (χ3n) is 2.78. The summed E-state index contributed by atoms with van der Waals surface area (Å²) in [6, 6.07) is 1.82. The third kappa shape index (κ3) is 2.87. The average molecular weight is 253 g/mol. The molecule has 1 aliphatic heterocycles. The maximum atomic E-state index is 9.27. The van der Waals surface area contributed by atoms with Gasteiger partial charge in [0.15, 0.2) is 0 Å². The second kappa shape index (κ2) is 5.05. The lowest BCUT2D eigenvalue weighted by atomic mass is 10.1. The number of nitrogens with two attached hydrogens (primary N) is 1. The van der Waals surface area contributed by atoms with Gasteiger partial charge in [-0.3, -0.25) is 5.43 Å². The summed E-state index contributed by atoms with van der Waals surface area (Å²) in [5, 5.41) is 9.27. The highest BCUT2D eigenvalue weighted by atomic mass is 16.5. The number of hydrogen-bond donors (Lipinski definition) is 3. The summed E-state index contributed by atoms with van der Waals surface area (Å²) in [4.78, 5) is 10.3. The van der Waals surface area contributed by atoms with Crippen molar-refractivity contribution in [3.63, 3.8) is 0 Å². The number of nitrogen functional groups attached to an aromatic ring is 1. The molecule has 1 aliphatic rings. The first kappa shape index (κ1) is 13.0. The van der Waals surface area contributed by atoms with Crippen molar-refractivity contribution in [3.05, 3.63) is 12.3 Å². The molecule has 1 atom stereocenters. The molecule has 1 fully saturated rings. The van der Waals surface area contributed by atoms with E-state index in [1.165, 1.54) is 0 Å². The molecule has 7 heteroatoms. The molecule has 0 radical (unpaired) electrons. The number of anilines is 2. The van der Waals surface area contributed by atoms with Crippen LogP contribution in [0.25, 0.3) is 0 Å². The smallest absolute Gasteiger partial charge is 0.239 e. The number of rotatable bonds is 3. The molecule has 1 aromatic heterocycles. The van der Waals surface area contributed by atoms with E-state index in [9.17, 15) is 5.11 Å². The summed E-state index contributed by atoms with van der Waals surface area (Å²) in [5.41, 5.74) is 2.10. The van der Waals surface area contributed by atoms with E-state index in [-0.39, 0.29) is 18.3 Å². The molecule has 4 N–H and O–H groups in total. The lowest BCUT2D eigenvalue weighted by Crippen LogP contribution is -2.54. The Morgan fingerprint density at radius 2 is 2.44 bits per heavy atom. The van der Waals surface area contributed by atoms with Crippen molar-refractivity contribution in [2.75, 3.05) is 30.0 Å². The maximum absolute atomic E-state index is 9.27. The Hall–Kier alpha value is -1.44. The van der Waals surface area contributed by atoms with Crippen LogP contribution < -0.4 is 16.2 Å². The van der Waals surface area contributed by atoms with Gasteiger partial charge >= 0.3 is 0 Å². The van der Waals surface area contributed by atoms with Gasteiger partial charge in [0.1, 0.15) is 5.82 Å². The zero-order valence-corrected chi connectivity index (χ0v) is 10.6. The Labute approximate surface area is 106 Å². The fraction of sp³-hybridized carbons (Fsp3) is 0.636. The molecule has 7 nitrogen and oxygen atoms in total. The number of aromatic nitrogens is 2. The number of hydrogen-bond acceptors (Lipinski definition) is 7. The second-order valence-corrected chi connectivity index (χ2v) is 4.95. The van der Waals surface area contributed by atoms with Gasteiger partial charge in [-0.15, -0.1) is 0 Å². The van der Waals surface area contributed by atoms with E-state index in [0.29, 0.717) is 19.0 Å². The molecule has 0 aromatic carbocycles. The van der Waals surface area contributed by atoms with Crippen molar-refractivity contribution in [1.29, 1.82) is 0 Å². The number of ether oxygens (including phenoxy) is 1. The van der Waals surface area contributed by atoms with Gasteiger partial charge in [0, 0.05) is 19.3 Å². The zero-order chi connectivity index (χ0) is 13.2. The first-order valence-corrected chi connectivity index (χ1v) is 5.87. The molecule has 1 unspecified atom stereocenters. The molecule has 0 spiro atoms. The molecule has 2 rings (SSSR count). The quantitative estimate of drug-likeness (QED) is 0.504. The Morgan fingerprint density at radius 1 is 1.67 bits per heavy atom. The van der Waals surface area contributed by atoms with Crippen molar-refractivity contribution in [1.82, 2.24) is 9.97 Å². The number of aliphatic hydroxyl groups is 1. The summed E-state index contributed by atoms with van der Waals surface area (Å²) >= 11 is 0. The lowest BCUT2D eigenvalue weighted by Gasteiger charge is -2.42. The van der Waals surface area contributed by atoms with Crippen molar-refractivity contribution in [2.24, 2.45) is 5.84 Å². The molecule has 0 aliphatic carbocycles. The summed E-state index contributed by atoms with van der Waals surface area (Å²) in [7, 11) is 0. The molecule has 2 heterocycles. The summed E-state index contributed by atoms with van der Waals surface area (Å²) in [5.74, 6) is 6.44. The Balaban J connectivity index is 2.20. The van der Waals surface area contributed by atoms with E-state index in [1.54, 1.807) is 6.20 Å². The molecule has 1 aromatic rings. The van der Waals surface area contributed by atoms with Gasteiger partial charge in [-0.1, -0.05) is 0 Å². The van der Waals surface area contributed by atoms with Crippen molar-refractivity contribution in [2.45, 2.75) is 25.6 Å². The highest BCUT2D eigenvalue weighted by molar-refractivity contribution is 5.43. The van der Waals surface area contributed by atoms with Crippen LogP contribution in [0, 0.1) is 0 Å². The number of hydrazine groups is 1. The van der Waals surface area contributed by atoms with Crippen LogP contribution in [0.15, 0.2) is 12.3 Å². The number of morpholine rings is 1. The predicted octanol–water partition coefficient (Wildman–Crippen LogP) is -0.262. The van der Waals surface area contributed by atoms with Gasteiger partial charge in [-0.2, -0.15) is 4.98 Å². The second-order valence-electron chi connectivity index (χ2n) is 4.95. The molecular formula is C11H19N5O2. The minimum atomic E-state index is -0.326. The molecule has 0 saturated carbocycles. The van der Waals surface area contributed by atoms with Crippen LogP contribution in [-0.4, -0.2) is 46.5 Å². The van der Waals surface area contributed by atoms with Crippen LogP contribution in [0.5, 0.6) is 0 Å². The topological polar surface area (TPSA) is 96.5 Å². The Morgan fingerprint density at radius 3 is 3.11 bits per heavy atom. The van der Waals surface area contributed by atoms with Crippen LogP contribution >= 0.6 is 0 Å². The Bertz CT molecular complexity index is 412. The van der Waals surface area contributed by atoms with Crippen molar-refractivity contribution >= 4 is 11.8 Å². The normalized spacial score (nSPS) is 22.9. The monoisotopic (exact) mass is 253 g/mol. The van der Waals surface area contributed by atoms with Gasteiger partial charge in [0.2, 0.25) is 5.95 Å². The number of nitrogens with one attached hydrogen (secondary N) is 1. The number of nitrogens with zero attached hydrogens (tertiary/aromatic N) is 3. The van der Waals surface area contributed by atoms with E-state index in [4.69, 9.17) is 10.6 Å². The first-order valence-electron chi connectivity index (χ1n) is 5.87. The lowest BCUT2D eigenvalue weighted by molar-refractivity contribution is -0.101. The Kier molecular flexibility index (Phi) is 3.65. The largest absolute Gasteiger partial charge is 0.394 e. The fourth-order valence-corrected chi connectivity index (χ4v) is 2.16. The van der Waals surface area contributed by atoms with Crippen LogP contribution in [0.4, 0.5) is 11.8 Å². The third-order valence-corrected chi connectivity index (χ3v) is 2.78. The molecule has 100 valence electrons. The molecule has 18 heavy (non-hydrogen) atoms. The van der Waals surface area contributed by atoms with Crippen LogP contribution in [0.1, 0.15) is 13.8 Å². The van der Waals surface area contributed by atoms with E-state index in [0.717, 1.165) is 5.82 Å². The standard InChI is InChI=1S/C11H19N5O2/c1-11(2)7-16(5-8(6-17)18-11)9-3-4-13-10(14-9)15-12/h3-4,8,17H,5-7,12H2,1-2H3,(H,13,14,15). The van der Waals surface area contributed by atoms with Gasteiger partial charge in [0.25, 0.3) is 0 Å². The van der Waals surface area contributed by atoms with Crippen LogP contribution in [0.3, 0.4) is 0 Å². The highest BCUT2D eigenvalue weighted by Crippen LogP contribution is 2.24. The molecule has 1 saturated heterocycles. The van der Waals surface area contributed by atoms with Crippen molar-refractivity contribution in [3.8, 4) is 0 Å². The van der Waals surface area contributed by atoms with Crippen molar-refractivity contribution < 1.29 is 9.84 Å².